The van der Waals surface area contributed by atoms with Crippen LogP contribution >= 0.6 is 0 Å². The van der Waals surface area contributed by atoms with Crippen LogP contribution in [0.3, 0.4) is 0 Å². The number of nitro groups is 1. The molecule has 0 aliphatic rings. The molecule has 0 unspecified atom stereocenters. The van der Waals surface area contributed by atoms with E-state index in [2.05, 4.69) is 4.97 Å². The summed E-state index contributed by atoms with van der Waals surface area (Å²) in [5, 5.41) is 19.3. The van der Waals surface area contributed by atoms with Crippen molar-refractivity contribution in [2.45, 2.75) is 5.32 Å². The van der Waals surface area contributed by atoms with Gasteiger partial charge in [0.15, 0.2) is 0 Å². The second-order valence-corrected chi connectivity index (χ2v) is 3.90. The predicted octanol–water partition coefficient (Wildman–Crippen LogP) is 1.28. The van der Waals surface area contributed by atoms with E-state index in [9.17, 15) is 10.1 Å². The number of nitro benzene ring substituents is 1. The molecule has 0 aliphatic carbocycles. The molecule has 5 heteroatoms. The van der Waals surface area contributed by atoms with Crippen molar-refractivity contribution < 1.29 is 4.92 Å². The van der Waals surface area contributed by atoms with Gasteiger partial charge >= 0.3 is 81.1 Å². The molecule has 0 saturated heterocycles. The molecule has 0 atom stereocenters. The van der Waals surface area contributed by atoms with Crippen LogP contribution < -0.4 is 0 Å². The van der Waals surface area contributed by atoms with Crippen molar-refractivity contribution in [3.8, 4) is 4.97 Å². The Bertz CT molecular complexity index is 342. The summed E-state index contributed by atoms with van der Waals surface area (Å²) in [4.78, 5) is 11.9. The van der Waals surface area contributed by atoms with Crippen LogP contribution in [0.25, 0.3) is 0 Å². The molecule has 4 nitrogen and oxygen atoms in total. The molecule has 66 valence electrons. The molecular formula is C8H6N2O2Se. The van der Waals surface area contributed by atoms with Gasteiger partial charge in [0.25, 0.3) is 0 Å². The number of non-ortho nitro benzene ring substituents is 1. The minimum absolute atomic E-state index is 0.0594. The van der Waals surface area contributed by atoms with Gasteiger partial charge in [0, 0.05) is 0 Å². The average molecular weight is 241 g/mol. The van der Waals surface area contributed by atoms with Crippen molar-refractivity contribution in [3.63, 3.8) is 0 Å². The molecule has 1 aromatic carbocycles. The summed E-state index contributed by atoms with van der Waals surface area (Å²) in [5.41, 5.74) is 1.07. The molecule has 0 aliphatic heterocycles. The summed E-state index contributed by atoms with van der Waals surface area (Å²) in [5.74, 6) is 0. The molecule has 0 amide bonds. The van der Waals surface area contributed by atoms with E-state index in [1.165, 1.54) is 12.1 Å². The van der Waals surface area contributed by atoms with Gasteiger partial charge in [-0.3, -0.25) is 0 Å². The van der Waals surface area contributed by atoms with E-state index in [0.717, 1.165) is 5.56 Å². The van der Waals surface area contributed by atoms with Gasteiger partial charge in [0.1, 0.15) is 0 Å². The fourth-order valence-corrected chi connectivity index (χ4v) is 1.72. The summed E-state index contributed by atoms with van der Waals surface area (Å²) in [6.07, 6.45) is 0. The number of hydrogen-bond donors (Lipinski definition) is 0. The van der Waals surface area contributed by atoms with Crippen LogP contribution in [0.4, 0.5) is 5.69 Å². The second-order valence-electron chi connectivity index (χ2n) is 2.30. The van der Waals surface area contributed by atoms with Gasteiger partial charge in [-0.2, -0.15) is 0 Å². The molecule has 0 fully saturated rings. The Hall–Kier alpha value is -1.37. The van der Waals surface area contributed by atoms with Crippen molar-refractivity contribution in [1.82, 2.24) is 0 Å². The first-order valence-electron chi connectivity index (χ1n) is 3.48. The van der Waals surface area contributed by atoms with Crippen LogP contribution in [0.2, 0.25) is 0 Å². The molecule has 1 rings (SSSR count). The van der Waals surface area contributed by atoms with Gasteiger partial charge < -0.3 is 0 Å². The predicted molar refractivity (Wildman–Crippen MR) is 48.2 cm³/mol. The van der Waals surface area contributed by atoms with E-state index in [4.69, 9.17) is 5.26 Å². The number of hydrogen-bond acceptors (Lipinski definition) is 3. The van der Waals surface area contributed by atoms with E-state index in [-0.39, 0.29) is 20.6 Å². The second kappa shape index (κ2) is 4.61. The SMILES string of the molecule is N#C[Se]Cc1ccc([N+](=O)[O-])cc1. The van der Waals surface area contributed by atoms with Crippen molar-refractivity contribution in [3.05, 3.63) is 39.9 Å². The maximum atomic E-state index is 10.3. The van der Waals surface area contributed by atoms with E-state index in [0.29, 0.717) is 5.32 Å². The normalized spacial score (nSPS) is 9.15. The minimum atomic E-state index is -0.431. The summed E-state index contributed by atoms with van der Waals surface area (Å²) in [6, 6.07) is 6.31. The Morgan fingerprint density at radius 1 is 1.46 bits per heavy atom. The number of nitrogens with zero attached hydrogens (tertiary/aromatic N) is 2. The molecule has 13 heavy (non-hydrogen) atoms. The van der Waals surface area contributed by atoms with E-state index in [1.54, 1.807) is 12.1 Å². The number of benzene rings is 1. The van der Waals surface area contributed by atoms with Crippen LogP contribution in [0.15, 0.2) is 24.3 Å². The summed E-state index contributed by atoms with van der Waals surface area (Å²) in [6.45, 7) is 0. The zero-order valence-electron chi connectivity index (χ0n) is 6.64. The van der Waals surface area contributed by atoms with Crippen LogP contribution in [0.1, 0.15) is 5.56 Å². The third kappa shape index (κ3) is 2.86. The van der Waals surface area contributed by atoms with Crippen LogP contribution in [-0.4, -0.2) is 19.9 Å². The van der Waals surface area contributed by atoms with Crippen molar-refractivity contribution in [2.75, 3.05) is 0 Å². The summed E-state index contributed by atoms with van der Waals surface area (Å²) >= 11 is -0.0594. The number of rotatable bonds is 3. The molecule has 0 saturated carbocycles. The van der Waals surface area contributed by atoms with Gasteiger partial charge in [0.2, 0.25) is 0 Å². The Kier molecular flexibility index (Phi) is 3.44. The zero-order valence-corrected chi connectivity index (χ0v) is 8.35. The van der Waals surface area contributed by atoms with Crippen molar-refractivity contribution >= 4 is 20.6 Å². The molecule has 0 heterocycles. The Balaban J connectivity index is 2.71. The van der Waals surface area contributed by atoms with E-state index >= 15 is 0 Å². The van der Waals surface area contributed by atoms with Gasteiger partial charge in [-0.05, 0) is 0 Å². The quantitative estimate of drug-likeness (QED) is 0.454. The first-order valence-corrected chi connectivity index (χ1v) is 5.55. The van der Waals surface area contributed by atoms with Gasteiger partial charge in [0.05, 0.1) is 0 Å². The van der Waals surface area contributed by atoms with Crippen LogP contribution in [0.5, 0.6) is 0 Å². The Morgan fingerprint density at radius 3 is 2.54 bits per heavy atom. The molecule has 0 aromatic heterocycles. The molecule has 0 radical (unpaired) electrons. The monoisotopic (exact) mass is 242 g/mol. The van der Waals surface area contributed by atoms with E-state index in [1.807, 2.05) is 0 Å². The number of nitriles is 1. The summed E-state index contributed by atoms with van der Waals surface area (Å²) < 4.78 is 0. The summed E-state index contributed by atoms with van der Waals surface area (Å²) in [7, 11) is 0. The molecule has 0 bridgehead atoms. The molecule has 0 spiro atoms. The molecular weight excluding hydrogens is 235 g/mol. The van der Waals surface area contributed by atoms with Gasteiger partial charge in [-0.1, -0.05) is 0 Å². The third-order valence-electron chi connectivity index (χ3n) is 1.45. The zero-order chi connectivity index (χ0) is 9.68. The molecule has 1 aromatic rings. The Morgan fingerprint density at radius 2 is 2.08 bits per heavy atom. The van der Waals surface area contributed by atoms with Gasteiger partial charge in [-0.15, -0.1) is 0 Å². The molecule has 0 N–H and O–H groups in total. The average Bonchev–Trinajstić information content (AvgIpc) is 2.15. The first kappa shape index (κ1) is 9.72. The fourth-order valence-electron chi connectivity index (χ4n) is 0.829. The van der Waals surface area contributed by atoms with Crippen molar-refractivity contribution in [2.24, 2.45) is 0 Å². The standard InChI is InChI=1S/C8H6N2O2Se/c9-6-13-5-7-1-3-8(4-2-7)10(11)12/h1-4H,5H2. The fraction of sp³-hybridized carbons (Fsp3) is 0.125. The van der Waals surface area contributed by atoms with Crippen molar-refractivity contribution in [1.29, 1.82) is 5.26 Å². The maximum absolute atomic E-state index is 10.3. The first-order chi connectivity index (χ1) is 6.24. The van der Waals surface area contributed by atoms with Crippen LogP contribution in [-0.2, 0) is 5.32 Å². The third-order valence-corrected chi connectivity index (χ3v) is 2.72. The van der Waals surface area contributed by atoms with Crippen LogP contribution in [0, 0.1) is 20.3 Å². The topological polar surface area (TPSA) is 66.9 Å². The van der Waals surface area contributed by atoms with Gasteiger partial charge in [-0.25, -0.2) is 0 Å². The Labute approximate surface area is 81.5 Å². The van der Waals surface area contributed by atoms with E-state index < -0.39 is 4.92 Å².